The second-order valence-corrected chi connectivity index (χ2v) is 8.44. The SMILES string of the molecule is COCCn1nc(Br)cc1C1CC(Sc2cccc(C(F)(F)F)c2)CCO1. The van der Waals surface area contributed by atoms with E-state index in [9.17, 15) is 13.2 Å². The molecule has 0 aliphatic carbocycles. The molecule has 1 aromatic heterocycles. The number of methoxy groups -OCH3 is 1. The summed E-state index contributed by atoms with van der Waals surface area (Å²) in [6.45, 7) is 1.72. The van der Waals surface area contributed by atoms with Gasteiger partial charge in [0.05, 0.1) is 24.4 Å². The van der Waals surface area contributed by atoms with Gasteiger partial charge in [-0.3, -0.25) is 4.68 Å². The third kappa shape index (κ3) is 5.49. The van der Waals surface area contributed by atoms with Gasteiger partial charge in [-0.2, -0.15) is 18.3 Å². The van der Waals surface area contributed by atoms with Crippen molar-refractivity contribution in [2.45, 2.75) is 41.8 Å². The summed E-state index contributed by atoms with van der Waals surface area (Å²) in [5.41, 5.74) is 0.339. The van der Waals surface area contributed by atoms with Gasteiger partial charge in [-0.1, -0.05) is 6.07 Å². The van der Waals surface area contributed by atoms with E-state index in [2.05, 4.69) is 21.0 Å². The number of halogens is 4. The van der Waals surface area contributed by atoms with Gasteiger partial charge in [0.25, 0.3) is 0 Å². The quantitative estimate of drug-likeness (QED) is 0.579. The fraction of sp³-hybridized carbons (Fsp3) is 0.500. The van der Waals surface area contributed by atoms with Crippen LogP contribution in [0.3, 0.4) is 0 Å². The Kier molecular flexibility index (Phi) is 6.88. The standard InChI is InChI=1S/C18H20BrF3N2O2S/c1-25-8-6-24-15(11-17(19)23-24)16-10-14(5-7-26-16)27-13-4-2-3-12(9-13)18(20,21)22/h2-4,9,11,14,16H,5-8,10H2,1H3. The number of benzene rings is 1. The summed E-state index contributed by atoms with van der Waals surface area (Å²) in [5.74, 6) is 0. The molecule has 0 radical (unpaired) electrons. The van der Waals surface area contributed by atoms with Gasteiger partial charge in [0.2, 0.25) is 0 Å². The monoisotopic (exact) mass is 464 g/mol. The highest BCUT2D eigenvalue weighted by molar-refractivity contribution is 9.10. The molecule has 2 atom stereocenters. The number of thioether (sulfide) groups is 1. The van der Waals surface area contributed by atoms with Crippen molar-refractivity contribution < 1.29 is 22.6 Å². The minimum absolute atomic E-state index is 0.141. The second kappa shape index (κ2) is 8.98. The van der Waals surface area contributed by atoms with Crippen LogP contribution >= 0.6 is 27.7 Å². The summed E-state index contributed by atoms with van der Waals surface area (Å²) in [5, 5.41) is 4.59. The number of hydrogen-bond acceptors (Lipinski definition) is 4. The second-order valence-electron chi connectivity index (χ2n) is 6.26. The zero-order valence-electron chi connectivity index (χ0n) is 14.7. The number of nitrogens with zero attached hydrogens (tertiary/aromatic N) is 2. The predicted octanol–water partition coefficient (Wildman–Crippen LogP) is 5.32. The molecule has 4 nitrogen and oxygen atoms in total. The largest absolute Gasteiger partial charge is 0.416 e. The summed E-state index contributed by atoms with van der Waals surface area (Å²) < 4.78 is 52.4. The van der Waals surface area contributed by atoms with Crippen molar-refractivity contribution in [2.24, 2.45) is 0 Å². The first kappa shape index (κ1) is 20.7. The average Bonchev–Trinajstić information content (AvgIpc) is 3.00. The molecule has 1 aliphatic heterocycles. The van der Waals surface area contributed by atoms with Crippen LogP contribution in [0.1, 0.15) is 30.2 Å². The molecule has 0 N–H and O–H groups in total. The fourth-order valence-corrected chi connectivity index (χ4v) is 4.68. The van der Waals surface area contributed by atoms with Crippen molar-refractivity contribution in [3.05, 3.63) is 46.2 Å². The van der Waals surface area contributed by atoms with Crippen LogP contribution in [0.2, 0.25) is 0 Å². The fourth-order valence-electron chi connectivity index (χ4n) is 3.03. The molecule has 1 aromatic carbocycles. The molecular formula is C18H20BrF3N2O2S. The van der Waals surface area contributed by atoms with Gasteiger partial charge in [-0.05, 0) is 53.0 Å². The highest BCUT2D eigenvalue weighted by Gasteiger charge is 2.31. The molecule has 3 rings (SSSR count). The van der Waals surface area contributed by atoms with E-state index in [4.69, 9.17) is 9.47 Å². The molecular weight excluding hydrogens is 445 g/mol. The van der Waals surface area contributed by atoms with Crippen LogP contribution in [0, 0.1) is 0 Å². The lowest BCUT2D eigenvalue weighted by Gasteiger charge is -2.29. The molecule has 27 heavy (non-hydrogen) atoms. The Labute approximate surface area is 168 Å². The van der Waals surface area contributed by atoms with E-state index in [0.29, 0.717) is 31.1 Å². The molecule has 148 valence electrons. The lowest BCUT2D eigenvalue weighted by Crippen LogP contribution is -2.24. The van der Waals surface area contributed by atoms with E-state index in [-0.39, 0.29) is 11.4 Å². The highest BCUT2D eigenvalue weighted by atomic mass is 79.9. The molecule has 0 bridgehead atoms. The van der Waals surface area contributed by atoms with Gasteiger partial charge in [0, 0.05) is 23.9 Å². The highest BCUT2D eigenvalue weighted by Crippen LogP contribution is 2.39. The molecule has 0 amide bonds. The number of aromatic nitrogens is 2. The Morgan fingerprint density at radius 1 is 1.37 bits per heavy atom. The number of hydrogen-bond donors (Lipinski definition) is 0. The third-order valence-corrected chi connectivity index (χ3v) is 5.99. The third-order valence-electron chi connectivity index (χ3n) is 4.32. The lowest BCUT2D eigenvalue weighted by molar-refractivity contribution is -0.137. The Morgan fingerprint density at radius 2 is 2.19 bits per heavy atom. The van der Waals surface area contributed by atoms with Gasteiger partial charge in [0.1, 0.15) is 10.7 Å². The van der Waals surface area contributed by atoms with Crippen LogP contribution in [0.4, 0.5) is 13.2 Å². The van der Waals surface area contributed by atoms with Crippen molar-refractivity contribution in [3.8, 4) is 0 Å². The smallest absolute Gasteiger partial charge is 0.383 e. The lowest BCUT2D eigenvalue weighted by atomic mass is 10.1. The van der Waals surface area contributed by atoms with Crippen LogP contribution in [-0.2, 0) is 22.2 Å². The summed E-state index contributed by atoms with van der Waals surface area (Å²) in [4.78, 5) is 0.629. The van der Waals surface area contributed by atoms with Crippen LogP contribution < -0.4 is 0 Å². The molecule has 1 fully saturated rings. The Bertz CT molecular complexity index is 769. The summed E-state index contributed by atoms with van der Waals surface area (Å²) in [6.07, 6.45) is -2.95. The maximum Gasteiger partial charge on any atom is 0.416 e. The molecule has 2 aromatic rings. The van der Waals surface area contributed by atoms with Crippen LogP contribution in [0.5, 0.6) is 0 Å². The summed E-state index contributed by atoms with van der Waals surface area (Å²) in [7, 11) is 1.64. The van der Waals surface area contributed by atoms with Crippen molar-refractivity contribution in [2.75, 3.05) is 20.3 Å². The Balaban J connectivity index is 1.70. The molecule has 0 spiro atoms. The van der Waals surface area contributed by atoms with E-state index < -0.39 is 11.7 Å². The van der Waals surface area contributed by atoms with Crippen LogP contribution in [0.15, 0.2) is 39.8 Å². The van der Waals surface area contributed by atoms with Crippen molar-refractivity contribution in [3.63, 3.8) is 0 Å². The first-order valence-electron chi connectivity index (χ1n) is 8.54. The normalized spacial score (nSPS) is 20.8. The Hall–Kier alpha value is -1.03. The van der Waals surface area contributed by atoms with E-state index in [1.807, 2.05) is 10.7 Å². The molecule has 1 saturated heterocycles. The van der Waals surface area contributed by atoms with Gasteiger partial charge in [-0.15, -0.1) is 11.8 Å². The number of alkyl halides is 3. The molecule has 2 heterocycles. The summed E-state index contributed by atoms with van der Waals surface area (Å²) in [6, 6.07) is 7.43. The first-order chi connectivity index (χ1) is 12.9. The predicted molar refractivity (Wildman–Crippen MR) is 101 cm³/mol. The van der Waals surface area contributed by atoms with Gasteiger partial charge in [0.15, 0.2) is 0 Å². The van der Waals surface area contributed by atoms with E-state index >= 15 is 0 Å². The average molecular weight is 465 g/mol. The zero-order valence-corrected chi connectivity index (χ0v) is 17.1. The molecule has 1 aliphatic rings. The van der Waals surface area contributed by atoms with Gasteiger partial charge in [-0.25, -0.2) is 0 Å². The van der Waals surface area contributed by atoms with Crippen LogP contribution in [0.25, 0.3) is 0 Å². The maximum atomic E-state index is 12.9. The van der Waals surface area contributed by atoms with Gasteiger partial charge >= 0.3 is 6.18 Å². The number of ether oxygens (including phenoxy) is 2. The van der Waals surface area contributed by atoms with Gasteiger partial charge < -0.3 is 9.47 Å². The van der Waals surface area contributed by atoms with Crippen molar-refractivity contribution in [1.29, 1.82) is 0 Å². The first-order valence-corrected chi connectivity index (χ1v) is 10.2. The van der Waals surface area contributed by atoms with Crippen LogP contribution in [-0.4, -0.2) is 35.4 Å². The van der Waals surface area contributed by atoms with E-state index in [1.165, 1.54) is 23.9 Å². The minimum atomic E-state index is -4.32. The van der Waals surface area contributed by atoms with E-state index in [0.717, 1.165) is 22.8 Å². The molecule has 0 saturated carbocycles. The molecule has 9 heteroatoms. The van der Waals surface area contributed by atoms with Crippen molar-refractivity contribution >= 4 is 27.7 Å². The molecule has 2 unspecified atom stereocenters. The number of rotatable bonds is 6. The Morgan fingerprint density at radius 3 is 2.93 bits per heavy atom. The van der Waals surface area contributed by atoms with E-state index in [1.54, 1.807) is 13.2 Å². The zero-order chi connectivity index (χ0) is 19.4. The minimum Gasteiger partial charge on any atom is -0.383 e. The van der Waals surface area contributed by atoms with Crippen molar-refractivity contribution in [1.82, 2.24) is 9.78 Å². The topological polar surface area (TPSA) is 36.3 Å². The maximum absolute atomic E-state index is 12.9. The summed E-state index contributed by atoms with van der Waals surface area (Å²) >= 11 is 4.87.